The number of Topliss-reactive ketones (excluding diaryl/α,β-unsaturated/α-hetero) is 1. The molecule has 104 valence electrons. The second kappa shape index (κ2) is 4.83. The lowest BCUT2D eigenvalue weighted by Crippen LogP contribution is -2.28. The molecular weight excluding hydrogens is 240 g/mol. The third kappa shape index (κ3) is 2.88. The van der Waals surface area contributed by atoms with Crippen molar-refractivity contribution in [2.45, 2.75) is 53.0 Å². The van der Waals surface area contributed by atoms with Crippen LogP contribution < -0.4 is 5.73 Å². The van der Waals surface area contributed by atoms with Gasteiger partial charge in [-0.15, -0.1) is 0 Å². The largest absolute Gasteiger partial charge is 0.370 e. The molecular formula is C15H22N2O2. The Labute approximate surface area is 114 Å². The average Bonchev–Trinajstić information content (AvgIpc) is 2.55. The van der Waals surface area contributed by atoms with Crippen molar-refractivity contribution >= 4 is 11.7 Å². The summed E-state index contributed by atoms with van der Waals surface area (Å²) in [4.78, 5) is 23.0. The van der Waals surface area contributed by atoms with Crippen LogP contribution >= 0.6 is 0 Å². The van der Waals surface area contributed by atoms with Crippen molar-refractivity contribution < 1.29 is 9.59 Å². The monoisotopic (exact) mass is 262 g/mol. The zero-order chi connectivity index (χ0) is 14.2. The highest BCUT2D eigenvalue weighted by atomic mass is 16.1. The Balaban J connectivity index is 2.26. The summed E-state index contributed by atoms with van der Waals surface area (Å²) < 4.78 is 2.18. The Hall–Kier alpha value is -1.58. The van der Waals surface area contributed by atoms with Crippen molar-refractivity contribution in [2.75, 3.05) is 0 Å². The smallest absolute Gasteiger partial charge is 0.217 e. The molecule has 0 aromatic carbocycles. The minimum atomic E-state index is -0.268. The number of hydrogen-bond acceptors (Lipinski definition) is 2. The van der Waals surface area contributed by atoms with Gasteiger partial charge in [-0.2, -0.15) is 0 Å². The highest BCUT2D eigenvalue weighted by Crippen LogP contribution is 2.36. The Morgan fingerprint density at radius 2 is 2.11 bits per heavy atom. The maximum Gasteiger partial charge on any atom is 0.217 e. The van der Waals surface area contributed by atoms with Crippen LogP contribution in [0, 0.1) is 12.3 Å². The van der Waals surface area contributed by atoms with Gasteiger partial charge in [-0.05, 0) is 31.2 Å². The zero-order valence-corrected chi connectivity index (χ0v) is 12.0. The first-order valence-corrected chi connectivity index (χ1v) is 6.81. The van der Waals surface area contributed by atoms with Gasteiger partial charge >= 0.3 is 0 Å². The fourth-order valence-electron chi connectivity index (χ4n) is 2.93. The van der Waals surface area contributed by atoms with Gasteiger partial charge in [0.1, 0.15) is 0 Å². The quantitative estimate of drug-likeness (QED) is 0.904. The molecule has 0 fully saturated rings. The SMILES string of the molecule is Cc1cc2c(n1CCCC(N)=O)CC(C)(C)CC2=O. The molecule has 1 heterocycles. The molecule has 1 aliphatic rings. The second-order valence-corrected chi connectivity index (χ2v) is 6.31. The minimum absolute atomic E-state index is 0.0241. The normalized spacial score (nSPS) is 17.3. The number of aromatic nitrogens is 1. The summed E-state index contributed by atoms with van der Waals surface area (Å²) in [6.45, 7) is 7.03. The lowest BCUT2D eigenvalue weighted by Gasteiger charge is -2.29. The van der Waals surface area contributed by atoms with Crippen molar-refractivity contribution in [1.29, 1.82) is 0 Å². The van der Waals surface area contributed by atoms with Crippen LogP contribution in [0.1, 0.15) is 54.9 Å². The summed E-state index contributed by atoms with van der Waals surface area (Å²) >= 11 is 0. The highest BCUT2D eigenvalue weighted by molar-refractivity contribution is 5.99. The molecule has 2 rings (SSSR count). The third-order valence-corrected chi connectivity index (χ3v) is 3.81. The number of nitrogens with zero attached hydrogens (tertiary/aromatic N) is 1. The number of nitrogens with two attached hydrogens (primary N) is 1. The van der Waals surface area contributed by atoms with E-state index in [-0.39, 0.29) is 17.1 Å². The number of hydrogen-bond donors (Lipinski definition) is 1. The van der Waals surface area contributed by atoms with E-state index in [4.69, 9.17) is 5.73 Å². The second-order valence-electron chi connectivity index (χ2n) is 6.31. The van der Waals surface area contributed by atoms with E-state index < -0.39 is 0 Å². The summed E-state index contributed by atoms with van der Waals surface area (Å²) in [5, 5.41) is 0. The topological polar surface area (TPSA) is 65.1 Å². The fraction of sp³-hybridized carbons (Fsp3) is 0.600. The first-order valence-electron chi connectivity index (χ1n) is 6.81. The van der Waals surface area contributed by atoms with Crippen molar-refractivity contribution in [3.8, 4) is 0 Å². The summed E-state index contributed by atoms with van der Waals surface area (Å²) in [6.07, 6.45) is 2.65. The number of carbonyl (C=O) groups excluding carboxylic acids is 2. The van der Waals surface area contributed by atoms with E-state index in [9.17, 15) is 9.59 Å². The Kier molecular flexibility index (Phi) is 3.52. The number of rotatable bonds is 4. The van der Waals surface area contributed by atoms with Gasteiger partial charge in [-0.1, -0.05) is 13.8 Å². The molecule has 0 saturated carbocycles. The fourth-order valence-corrected chi connectivity index (χ4v) is 2.93. The Morgan fingerprint density at radius 1 is 1.42 bits per heavy atom. The van der Waals surface area contributed by atoms with Crippen LogP contribution in [-0.4, -0.2) is 16.3 Å². The van der Waals surface area contributed by atoms with Crippen molar-refractivity contribution in [3.63, 3.8) is 0 Å². The summed E-state index contributed by atoms with van der Waals surface area (Å²) in [5.41, 5.74) is 8.29. The van der Waals surface area contributed by atoms with Crippen molar-refractivity contribution in [1.82, 2.24) is 4.57 Å². The van der Waals surface area contributed by atoms with Crippen molar-refractivity contribution in [3.05, 3.63) is 23.0 Å². The van der Waals surface area contributed by atoms with Crippen molar-refractivity contribution in [2.24, 2.45) is 11.1 Å². The van der Waals surface area contributed by atoms with Gasteiger partial charge in [-0.3, -0.25) is 9.59 Å². The van der Waals surface area contributed by atoms with Gasteiger partial charge in [-0.25, -0.2) is 0 Å². The third-order valence-electron chi connectivity index (χ3n) is 3.81. The number of primary amides is 1. The van der Waals surface area contributed by atoms with Gasteiger partial charge in [0.2, 0.25) is 5.91 Å². The van der Waals surface area contributed by atoms with Gasteiger partial charge in [0, 0.05) is 36.3 Å². The standard InChI is InChI=1S/C15H22N2O2/c1-10-7-11-12(8-15(2,3)9-13(11)18)17(10)6-4-5-14(16)19/h7H,4-6,8-9H2,1-3H3,(H2,16,19). The van der Waals surface area contributed by atoms with E-state index in [1.165, 1.54) is 0 Å². The van der Waals surface area contributed by atoms with Crippen LogP contribution in [0.2, 0.25) is 0 Å². The zero-order valence-electron chi connectivity index (χ0n) is 12.0. The molecule has 0 unspecified atom stereocenters. The van der Waals surface area contributed by atoms with Crippen LogP contribution in [0.5, 0.6) is 0 Å². The minimum Gasteiger partial charge on any atom is -0.370 e. The lowest BCUT2D eigenvalue weighted by atomic mass is 9.76. The van der Waals surface area contributed by atoms with Crippen LogP contribution in [-0.2, 0) is 17.8 Å². The van der Waals surface area contributed by atoms with Gasteiger partial charge in [0.15, 0.2) is 5.78 Å². The molecule has 2 N–H and O–H groups in total. The van der Waals surface area contributed by atoms with Crippen LogP contribution in [0.3, 0.4) is 0 Å². The molecule has 0 spiro atoms. The molecule has 0 aliphatic heterocycles. The lowest BCUT2D eigenvalue weighted by molar-refractivity contribution is -0.118. The maximum atomic E-state index is 12.2. The molecule has 0 radical (unpaired) electrons. The molecule has 0 saturated heterocycles. The molecule has 1 aromatic rings. The average molecular weight is 262 g/mol. The van der Waals surface area contributed by atoms with E-state index >= 15 is 0 Å². The van der Waals surface area contributed by atoms with Gasteiger partial charge < -0.3 is 10.3 Å². The van der Waals surface area contributed by atoms with E-state index in [1.807, 2.05) is 13.0 Å². The predicted molar refractivity (Wildman–Crippen MR) is 74.0 cm³/mol. The molecule has 1 aliphatic carbocycles. The first-order chi connectivity index (χ1) is 8.80. The highest BCUT2D eigenvalue weighted by Gasteiger charge is 2.33. The van der Waals surface area contributed by atoms with E-state index in [2.05, 4.69) is 18.4 Å². The number of aryl methyl sites for hydroxylation is 1. The molecule has 1 aromatic heterocycles. The van der Waals surface area contributed by atoms with E-state index in [1.54, 1.807) is 0 Å². The Morgan fingerprint density at radius 3 is 2.74 bits per heavy atom. The molecule has 0 bridgehead atoms. The van der Waals surface area contributed by atoms with Gasteiger partial charge in [0.25, 0.3) is 0 Å². The molecule has 1 amide bonds. The molecule has 4 nitrogen and oxygen atoms in total. The van der Waals surface area contributed by atoms with E-state index in [0.717, 1.165) is 36.3 Å². The number of ketones is 1. The first kappa shape index (κ1) is 13.8. The van der Waals surface area contributed by atoms with Crippen LogP contribution in [0.15, 0.2) is 6.07 Å². The van der Waals surface area contributed by atoms with Gasteiger partial charge in [0.05, 0.1) is 0 Å². The number of fused-ring (bicyclic) bond motifs is 1. The summed E-state index contributed by atoms with van der Waals surface area (Å²) in [6, 6.07) is 1.98. The molecule has 19 heavy (non-hydrogen) atoms. The van der Waals surface area contributed by atoms with E-state index in [0.29, 0.717) is 12.8 Å². The maximum absolute atomic E-state index is 12.2. The van der Waals surface area contributed by atoms with Crippen LogP contribution in [0.25, 0.3) is 0 Å². The molecule has 0 atom stereocenters. The predicted octanol–water partition coefficient (Wildman–Crippen LogP) is 2.22. The molecule has 4 heteroatoms. The number of carbonyl (C=O) groups is 2. The summed E-state index contributed by atoms with van der Waals surface area (Å²) in [7, 11) is 0. The number of amides is 1. The Bertz CT molecular complexity index is 526. The van der Waals surface area contributed by atoms with Crippen LogP contribution in [0.4, 0.5) is 0 Å². The summed E-state index contributed by atoms with van der Waals surface area (Å²) in [5.74, 6) is -0.0296.